The molecular weight excluding hydrogens is 442 g/mol. The van der Waals surface area contributed by atoms with Crippen LogP contribution in [0.1, 0.15) is 43.7 Å². The first-order chi connectivity index (χ1) is 17.0. The maximum atomic E-state index is 13.6. The van der Waals surface area contributed by atoms with E-state index in [9.17, 15) is 9.59 Å². The van der Waals surface area contributed by atoms with Gasteiger partial charge < -0.3 is 24.3 Å². The van der Waals surface area contributed by atoms with Gasteiger partial charge in [0, 0.05) is 42.7 Å². The normalized spacial score (nSPS) is 13.0. The van der Waals surface area contributed by atoms with Gasteiger partial charge in [0.15, 0.2) is 11.5 Å². The Balaban J connectivity index is 1.54. The van der Waals surface area contributed by atoms with Gasteiger partial charge in [-0.2, -0.15) is 0 Å². The smallest absolute Gasteiger partial charge is 0.242 e. The van der Waals surface area contributed by atoms with Crippen molar-refractivity contribution in [2.75, 3.05) is 27.3 Å². The summed E-state index contributed by atoms with van der Waals surface area (Å²) in [5.74, 6) is 1.33. The van der Waals surface area contributed by atoms with Crippen LogP contribution in [0.4, 0.5) is 0 Å². The fraction of sp³-hybridized carbons (Fsp3) is 0.429. The monoisotopic (exact) mass is 477 g/mol. The van der Waals surface area contributed by atoms with Gasteiger partial charge in [0.05, 0.1) is 14.2 Å². The molecule has 1 saturated carbocycles. The number of benzene rings is 2. The second-order valence-electron chi connectivity index (χ2n) is 9.12. The average molecular weight is 478 g/mol. The minimum atomic E-state index is -0.0315. The summed E-state index contributed by atoms with van der Waals surface area (Å²) in [5, 5.41) is 1.17. The molecule has 2 amide bonds. The van der Waals surface area contributed by atoms with Gasteiger partial charge >= 0.3 is 0 Å². The van der Waals surface area contributed by atoms with E-state index < -0.39 is 0 Å². The standard InChI is InChI=1S/C28H35N3O4/c1-4-7-27(32)31(22-11-12-22)19-28(33)30(18-20-10-13-25(34-2)26(16-20)35-3)15-14-21-17-29-24-9-6-5-8-23(21)24/h5-6,8-10,13,16-17,22,29H,4,7,11-12,14-15,18-19H2,1-3H3. The van der Waals surface area contributed by atoms with Crippen molar-refractivity contribution in [2.24, 2.45) is 0 Å². The number of carbonyl (C=O) groups excluding carboxylic acids is 2. The molecule has 0 radical (unpaired) electrons. The molecular formula is C28H35N3O4. The fourth-order valence-corrected chi connectivity index (χ4v) is 4.50. The number of nitrogens with zero attached hydrogens (tertiary/aromatic N) is 2. The first-order valence-corrected chi connectivity index (χ1v) is 12.4. The van der Waals surface area contributed by atoms with Crippen LogP contribution in [0, 0.1) is 0 Å². The Bertz CT molecular complexity index is 1170. The van der Waals surface area contributed by atoms with E-state index >= 15 is 0 Å². The molecule has 0 unspecified atom stereocenters. The lowest BCUT2D eigenvalue weighted by Crippen LogP contribution is -2.44. The van der Waals surface area contributed by atoms with Crippen molar-refractivity contribution in [3.63, 3.8) is 0 Å². The van der Waals surface area contributed by atoms with Gasteiger partial charge in [-0.15, -0.1) is 0 Å². The van der Waals surface area contributed by atoms with Crippen LogP contribution in [0.5, 0.6) is 11.5 Å². The Morgan fingerprint density at radius 1 is 1.03 bits per heavy atom. The average Bonchev–Trinajstić information content (AvgIpc) is 3.64. The topological polar surface area (TPSA) is 74.9 Å². The lowest BCUT2D eigenvalue weighted by atomic mass is 10.1. The molecule has 0 saturated heterocycles. The largest absolute Gasteiger partial charge is 0.493 e. The number of methoxy groups -OCH3 is 2. The number of rotatable bonds is 12. The summed E-state index contributed by atoms with van der Waals surface area (Å²) < 4.78 is 10.8. The molecule has 0 aliphatic heterocycles. The summed E-state index contributed by atoms with van der Waals surface area (Å²) in [6, 6.07) is 14.1. The molecule has 4 rings (SSSR count). The zero-order chi connectivity index (χ0) is 24.8. The van der Waals surface area contributed by atoms with E-state index in [-0.39, 0.29) is 24.4 Å². The number of para-hydroxylation sites is 1. The Morgan fingerprint density at radius 2 is 1.80 bits per heavy atom. The third kappa shape index (κ3) is 5.96. The van der Waals surface area contributed by atoms with Gasteiger partial charge in [-0.3, -0.25) is 9.59 Å². The Morgan fingerprint density at radius 3 is 2.51 bits per heavy atom. The van der Waals surface area contributed by atoms with Crippen molar-refractivity contribution >= 4 is 22.7 Å². The van der Waals surface area contributed by atoms with Crippen LogP contribution >= 0.6 is 0 Å². The molecule has 7 heteroatoms. The maximum absolute atomic E-state index is 13.6. The van der Waals surface area contributed by atoms with Crippen LogP contribution in [-0.4, -0.2) is 59.9 Å². The number of aromatic nitrogens is 1. The molecule has 2 aromatic carbocycles. The van der Waals surface area contributed by atoms with E-state index in [2.05, 4.69) is 17.1 Å². The number of hydrogen-bond acceptors (Lipinski definition) is 4. The van der Waals surface area contributed by atoms with Crippen molar-refractivity contribution < 1.29 is 19.1 Å². The van der Waals surface area contributed by atoms with Crippen LogP contribution in [-0.2, 0) is 22.6 Å². The molecule has 1 aliphatic carbocycles. The second kappa shape index (κ2) is 11.3. The van der Waals surface area contributed by atoms with Crippen molar-refractivity contribution in [1.29, 1.82) is 0 Å². The molecule has 1 aliphatic rings. The van der Waals surface area contributed by atoms with Gasteiger partial charge in [-0.05, 0) is 55.0 Å². The summed E-state index contributed by atoms with van der Waals surface area (Å²) in [6.07, 6.45) is 5.96. The van der Waals surface area contributed by atoms with E-state index in [1.165, 1.54) is 10.9 Å². The number of H-pyrrole nitrogens is 1. The zero-order valence-electron chi connectivity index (χ0n) is 20.9. The molecule has 0 atom stereocenters. The third-order valence-electron chi connectivity index (χ3n) is 6.58. The lowest BCUT2D eigenvalue weighted by Gasteiger charge is -2.28. The molecule has 1 heterocycles. The highest BCUT2D eigenvalue weighted by atomic mass is 16.5. The lowest BCUT2D eigenvalue weighted by molar-refractivity contribution is -0.141. The number of aromatic amines is 1. The van der Waals surface area contributed by atoms with Crippen LogP contribution in [0.25, 0.3) is 10.9 Å². The number of fused-ring (bicyclic) bond motifs is 1. The number of nitrogens with one attached hydrogen (secondary N) is 1. The minimum absolute atomic E-state index is 0.0315. The molecule has 3 aromatic rings. The van der Waals surface area contributed by atoms with Crippen molar-refractivity contribution in [3.05, 3.63) is 59.8 Å². The number of carbonyl (C=O) groups is 2. The maximum Gasteiger partial charge on any atom is 0.242 e. The predicted molar refractivity (Wildman–Crippen MR) is 137 cm³/mol. The summed E-state index contributed by atoms with van der Waals surface area (Å²) >= 11 is 0. The number of ether oxygens (including phenoxy) is 2. The third-order valence-corrected chi connectivity index (χ3v) is 6.58. The van der Waals surface area contributed by atoms with E-state index in [1.54, 1.807) is 19.1 Å². The second-order valence-corrected chi connectivity index (χ2v) is 9.12. The van der Waals surface area contributed by atoms with Crippen LogP contribution in [0.3, 0.4) is 0 Å². The van der Waals surface area contributed by atoms with E-state index in [4.69, 9.17) is 9.47 Å². The van der Waals surface area contributed by atoms with E-state index in [0.717, 1.165) is 36.8 Å². The molecule has 7 nitrogen and oxygen atoms in total. The highest BCUT2D eigenvalue weighted by molar-refractivity contribution is 5.86. The molecule has 1 fully saturated rings. The van der Waals surface area contributed by atoms with E-state index in [1.807, 2.05) is 48.4 Å². The molecule has 1 N–H and O–H groups in total. The van der Waals surface area contributed by atoms with Crippen LogP contribution in [0.2, 0.25) is 0 Å². The van der Waals surface area contributed by atoms with Crippen molar-refractivity contribution in [1.82, 2.24) is 14.8 Å². The fourth-order valence-electron chi connectivity index (χ4n) is 4.50. The zero-order valence-corrected chi connectivity index (χ0v) is 20.9. The van der Waals surface area contributed by atoms with Gasteiger partial charge in [0.1, 0.15) is 6.54 Å². The SMILES string of the molecule is CCCC(=O)N(CC(=O)N(CCc1c[nH]c2ccccc12)Cc1ccc(OC)c(OC)c1)C1CC1. The van der Waals surface area contributed by atoms with E-state index in [0.29, 0.717) is 31.0 Å². The van der Waals surface area contributed by atoms with Gasteiger partial charge in [-0.25, -0.2) is 0 Å². The first kappa shape index (κ1) is 24.6. The predicted octanol–water partition coefficient (Wildman–Crippen LogP) is 4.55. The Labute approximate surface area is 207 Å². The molecule has 186 valence electrons. The Hall–Kier alpha value is -3.48. The summed E-state index contributed by atoms with van der Waals surface area (Å²) in [6.45, 7) is 3.11. The Kier molecular flexibility index (Phi) is 7.95. The van der Waals surface area contributed by atoms with Crippen LogP contribution < -0.4 is 9.47 Å². The molecule has 0 bridgehead atoms. The summed E-state index contributed by atoms with van der Waals surface area (Å²) in [4.78, 5) is 33.2. The van der Waals surface area contributed by atoms with Gasteiger partial charge in [0.25, 0.3) is 0 Å². The summed E-state index contributed by atoms with van der Waals surface area (Å²) in [5.41, 5.74) is 3.21. The van der Waals surface area contributed by atoms with Gasteiger partial charge in [-0.1, -0.05) is 31.2 Å². The summed E-state index contributed by atoms with van der Waals surface area (Å²) in [7, 11) is 3.21. The molecule has 0 spiro atoms. The van der Waals surface area contributed by atoms with Gasteiger partial charge in [0.2, 0.25) is 11.8 Å². The highest BCUT2D eigenvalue weighted by Gasteiger charge is 2.34. The first-order valence-electron chi connectivity index (χ1n) is 12.4. The number of amides is 2. The van der Waals surface area contributed by atoms with Crippen molar-refractivity contribution in [2.45, 2.75) is 51.6 Å². The van der Waals surface area contributed by atoms with Crippen molar-refractivity contribution in [3.8, 4) is 11.5 Å². The highest BCUT2D eigenvalue weighted by Crippen LogP contribution is 2.29. The van der Waals surface area contributed by atoms with Crippen LogP contribution in [0.15, 0.2) is 48.7 Å². The quantitative estimate of drug-likeness (QED) is 0.415. The molecule has 1 aromatic heterocycles. The minimum Gasteiger partial charge on any atom is -0.493 e. The number of hydrogen-bond donors (Lipinski definition) is 1. The molecule has 35 heavy (non-hydrogen) atoms.